The molecule has 0 atom stereocenters. The Kier molecular flexibility index (Phi) is 5.85. The van der Waals surface area contributed by atoms with Gasteiger partial charge in [0.25, 0.3) is 10.2 Å². The first-order valence-electron chi connectivity index (χ1n) is 8.73. The third-order valence-electron chi connectivity index (χ3n) is 4.47. The van der Waals surface area contributed by atoms with Crippen LogP contribution in [0, 0.1) is 11.3 Å². The molecule has 0 aliphatic carbocycles. The van der Waals surface area contributed by atoms with Gasteiger partial charge in [-0.25, -0.2) is 9.48 Å². The maximum Gasteiger partial charge on any atom is 0.357 e. The molecule has 1 saturated heterocycles. The van der Waals surface area contributed by atoms with E-state index in [1.54, 1.807) is 24.3 Å². The molecule has 0 amide bonds. The number of piperazine rings is 1. The highest BCUT2D eigenvalue weighted by molar-refractivity contribution is 7.86. The quantitative estimate of drug-likeness (QED) is 0.704. The predicted molar refractivity (Wildman–Crippen MR) is 104 cm³/mol. The third kappa shape index (κ3) is 4.22. The molecular weight excluding hydrogens is 398 g/mol. The van der Waals surface area contributed by atoms with Crippen molar-refractivity contribution < 1.29 is 18.0 Å². The molecule has 11 nitrogen and oxygen atoms in total. The molecule has 0 saturated carbocycles. The second kappa shape index (κ2) is 8.18. The van der Waals surface area contributed by atoms with E-state index in [0.717, 1.165) is 4.31 Å². The number of hydroxylamine groups is 2. The van der Waals surface area contributed by atoms with Gasteiger partial charge in [-0.15, -0.1) is 5.06 Å². The second-order valence-corrected chi connectivity index (χ2v) is 8.65. The van der Waals surface area contributed by atoms with Crippen LogP contribution >= 0.6 is 0 Å². The molecule has 0 unspecified atom stereocenters. The number of nitrogen functional groups attached to an aromatic ring is 1. The molecule has 1 fully saturated rings. The minimum absolute atomic E-state index is 0.216. The molecule has 2 heterocycles. The first-order valence-corrected chi connectivity index (χ1v) is 10.1. The number of aromatic nitrogens is 2. The van der Waals surface area contributed by atoms with Crippen molar-refractivity contribution in [2.75, 3.05) is 46.0 Å². The van der Waals surface area contributed by atoms with Crippen molar-refractivity contribution in [1.29, 1.82) is 5.26 Å². The van der Waals surface area contributed by atoms with Crippen molar-refractivity contribution in [2.24, 2.45) is 0 Å². The van der Waals surface area contributed by atoms with E-state index in [1.165, 1.54) is 34.3 Å². The molecule has 154 valence electrons. The van der Waals surface area contributed by atoms with Crippen molar-refractivity contribution >= 4 is 22.0 Å². The first-order chi connectivity index (χ1) is 13.7. The number of nitrogens with zero attached hydrogens (tertiary/aromatic N) is 6. The molecule has 2 N–H and O–H groups in total. The summed E-state index contributed by atoms with van der Waals surface area (Å²) in [6, 6.07) is 8.36. The zero-order valence-corrected chi connectivity index (χ0v) is 16.8. The van der Waals surface area contributed by atoms with Crippen LogP contribution in [-0.4, -0.2) is 78.1 Å². The van der Waals surface area contributed by atoms with Crippen LogP contribution in [0.15, 0.2) is 30.5 Å². The Bertz CT molecular complexity index is 1030. The lowest BCUT2D eigenvalue weighted by atomic mass is 10.2. The summed E-state index contributed by atoms with van der Waals surface area (Å²) < 4.78 is 28.1. The van der Waals surface area contributed by atoms with Gasteiger partial charge in [-0.05, 0) is 24.3 Å². The second-order valence-electron chi connectivity index (χ2n) is 6.51. The van der Waals surface area contributed by atoms with E-state index < -0.39 is 16.2 Å². The number of carbonyl (C=O) groups excluding carboxylic acids is 1. The summed E-state index contributed by atoms with van der Waals surface area (Å²) in [5, 5.41) is 14.5. The van der Waals surface area contributed by atoms with E-state index in [9.17, 15) is 13.2 Å². The Labute approximate surface area is 168 Å². The molecule has 12 heteroatoms. The molecule has 1 aromatic carbocycles. The lowest BCUT2D eigenvalue weighted by molar-refractivity contribution is -0.123. The van der Waals surface area contributed by atoms with Crippen LogP contribution in [0.5, 0.6) is 0 Å². The summed E-state index contributed by atoms with van der Waals surface area (Å²) in [6.07, 6.45) is 1.37. The summed E-state index contributed by atoms with van der Waals surface area (Å²) in [5.41, 5.74) is 7.05. The molecule has 0 bridgehead atoms. The predicted octanol–water partition coefficient (Wildman–Crippen LogP) is -0.178. The number of hydrogen-bond acceptors (Lipinski definition) is 8. The van der Waals surface area contributed by atoms with Gasteiger partial charge in [0.05, 0.1) is 17.4 Å². The van der Waals surface area contributed by atoms with Crippen LogP contribution in [0.25, 0.3) is 5.69 Å². The van der Waals surface area contributed by atoms with Crippen LogP contribution in [-0.2, 0) is 15.0 Å². The van der Waals surface area contributed by atoms with Gasteiger partial charge in [-0.1, -0.05) is 0 Å². The first kappa shape index (κ1) is 20.7. The van der Waals surface area contributed by atoms with E-state index in [-0.39, 0.29) is 37.6 Å². The van der Waals surface area contributed by atoms with E-state index in [2.05, 4.69) is 5.10 Å². The van der Waals surface area contributed by atoms with Gasteiger partial charge in [0.2, 0.25) is 0 Å². The largest absolute Gasteiger partial charge is 0.382 e. The minimum atomic E-state index is -3.48. The molecule has 29 heavy (non-hydrogen) atoms. The Morgan fingerprint density at radius 2 is 1.83 bits per heavy atom. The normalized spacial score (nSPS) is 15.9. The minimum Gasteiger partial charge on any atom is -0.382 e. The third-order valence-corrected chi connectivity index (χ3v) is 6.41. The summed E-state index contributed by atoms with van der Waals surface area (Å²) in [7, 11) is -0.527. The smallest absolute Gasteiger partial charge is 0.357 e. The van der Waals surface area contributed by atoms with E-state index in [1.807, 2.05) is 6.07 Å². The zero-order valence-electron chi connectivity index (χ0n) is 16.0. The van der Waals surface area contributed by atoms with Gasteiger partial charge < -0.3 is 10.6 Å². The van der Waals surface area contributed by atoms with Gasteiger partial charge in [-0.2, -0.15) is 27.4 Å². The monoisotopic (exact) mass is 419 g/mol. The fourth-order valence-corrected chi connectivity index (χ4v) is 3.87. The van der Waals surface area contributed by atoms with Gasteiger partial charge >= 0.3 is 5.97 Å². The van der Waals surface area contributed by atoms with Crippen molar-refractivity contribution in [3.8, 4) is 11.8 Å². The summed E-state index contributed by atoms with van der Waals surface area (Å²) in [5.74, 6) is -0.333. The number of anilines is 1. The molecular formula is C17H21N7O4S. The van der Waals surface area contributed by atoms with Crippen LogP contribution in [0.1, 0.15) is 15.9 Å². The van der Waals surface area contributed by atoms with Crippen LogP contribution in [0.3, 0.4) is 0 Å². The number of hydrogen-bond donors (Lipinski definition) is 1. The standard InChI is InChI=1S/C17H21N7O4S/c1-21(2)29(26,27)23-9-7-22(8-10-23)28-17(25)13-3-5-15(6-4-13)24-16(19)14(11-18)12-20-24/h3-6,12H,7-10,19H2,1-2H3. The van der Waals surface area contributed by atoms with Crippen LogP contribution in [0.4, 0.5) is 5.82 Å². The molecule has 1 aromatic heterocycles. The summed E-state index contributed by atoms with van der Waals surface area (Å²) in [6.45, 7) is 1.01. The van der Waals surface area contributed by atoms with Crippen molar-refractivity contribution in [3.63, 3.8) is 0 Å². The number of benzene rings is 1. The Morgan fingerprint density at radius 3 is 2.34 bits per heavy atom. The van der Waals surface area contributed by atoms with E-state index in [0.29, 0.717) is 11.3 Å². The maximum absolute atomic E-state index is 12.4. The molecule has 0 radical (unpaired) electrons. The van der Waals surface area contributed by atoms with Crippen molar-refractivity contribution in [1.82, 2.24) is 23.5 Å². The van der Waals surface area contributed by atoms with Crippen LogP contribution < -0.4 is 5.73 Å². The average molecular weight is 419 g/mol. The lowest BCUT2D eigenvalue weighted by Crippen LogP contribution is -2.51. The Balaban J connectivity index is 1.61. The Hall–Kier alpha value is -2.98. The fraction of sp³-hybridized carbons (Fsp3) is 0.353. The summed E-state index contributed by atoms with van der Waals surface area (Å²) in [4.78, 5) is 17.7. The van der Waals surface area contributed by atoms with Gasteiger partial charge in [0, 0.05) is 40.3 Å². The highest BCUT2D eigenvalue weighted by atomic mass is 32.2. The molecule has 1 aliphatic heterocycles. The SMILES string of the molecule is CN(C)S(=O)(=O)N1CCN(OC(=O)c2ccc(-n3ncc(C#N)c3N)cc2)CC1. The van der Waals surface area contributed by atoms with Crippen molar-refractivity contribution in [3.05, 3.63) is 41.6 Å². The summed E-state index contributed by atoms with van der Waals surface area (Å²) >= 11 is 0. The number of nitriles is 1. The van der Waals surface area contributed by atoms with Crippen molar-refractivity contribution in [2.45, 2.75) is 0 Å². The molecule has 3 rings (SSSR count). The fourth-order valence-electron chi connectivity index (χ4n) is 2.78. The number of nitrogens with two attached hydrogens (primary N) is 1. The maximum atomic E-state index is 12.4. The van der Waals surface area contributed by atoms with E-state index >= 15 is 0 Å². The van der Waals surface area contributed by atoms with Crippen LogP contribution in [0.2, 0.25) is 0 Å². The highest BCUT2D eigenvalue weighted by Crippen LogP contribution is 2.18. The van der Waals surface area contributed by atoms with Gasteiger partial charge in [0.15, 0.2) is 0 Å². The molecule has 0 spiro atoms. The molecule has 1 aliphatic rings. The number of carbonyl (C=O) groups is 1. The van der Waals surface area contributed by atoms with Gasteiger partial charge in [-0.3, -0.25) is 0 Å². The molecule has 2 aromatic rings. The lowest BCUT2D eigenvalue weighted by Gasteiger charge is -2.33. The van der Waals surface area contributed by atoms with E-state index in [4.69, 9.17) is 15.8 Å². The highest BCUT2D eigenvalue weighted by Gasteiger charge is 2.30. The Morgan fingerprint density at radius 1 is 1.21 bits per heavy atom. The average Bonchev–Trinajstić information content (AvgIpc) is 3.08. The number of rotatable bonds is 5. The zero-order chi connectivity index (χ0) is 21.2. The van der Waals surface area contributed by atoms with Gasteiger partial charge in [0.1, 0.15) is 17.5 Å². The topological polar surface area (TPSA) is 138 Å².